The topological polar surface area (TPSA) is 46.2 Å². The Morgan fingerprint density at radius 2 is 1.37 bits per heavy atom. The van der Waals surface area contributed by atoms with Crippen LogP contribution in [0.4, 0.5) is 5.69 Å². The van der Waals surface area contributed by atoms with Crippen molar-refractivity contribution in [3.8, 4) is 0 Å². The molecule has 19 heavy (non-hydrogen) atoms. The van der Waals surface area contributed by atoms with Gasteiger partial charge in [-0.2, -0.15) is 0 Å². The Hall–Kier alpha value is -0.370. The quantitative estimate of drug-likeness (QED) is 0.703. The molecular formula is C12H8Br3NO2S. The van der Waals surface area contributed by atoms with Crippen LogP contribution in [0.3, 0.4) is 0 Å². The average molecular weight is 470 g/mol. The highest BCUT2D eigenvalue weighted by Gasteiger charge is 2.17. The molecule has 0 aromatic heterocycles. The molecule has 0 fully saturated rings. The first-order chi connectivity index (χ1) is 8.90. The minimum Gasteiger partial charge on any atom is -0.277 e. The standard InChI is InChI=1S/C12H8Br3NO2S/c13-8-4-6-9(7-5-8)19(17,18)16-12-10(14)2-1-3-11(12)15/h1-7,16H. The van der Waals surface area contributed by atoms with Gasteiger partial charge in [0.2, 0.25) is 0 Å². The minimum absolute atomic E-state index is 0.207. The summed E-state index contributed by atoms with van der Waals surface area (Å²) in [5, 5.41) is 0. The summed E-state index contributed by atoms with van der Waals surface area (Å²) in [5.41, 5.74) is 0.477. The molecule has 7 heteroatoms. The zero-order valence-electron chi connectivity index (χ0n) is 9.40. The lowest BCUT2D eigenvalue weighted by atomic mass is 10.3. The number of sulfonamides is 1. The highest BCUT2D eigenvalue weighted by molar-refractivity contribution is 9.11. The van der Waals surface area contributed by atoms with Gasteiger partial charge in [-0.1, -0.05) is 22.0 Å². The molecule has 0 saturated heterocycles. The van der Waals surface area contributed by atoms with E-state index in [9.17, 15) is 8.42 Å². The van der Waals surface area contributed by atoms with Crippen LogP contribution in [-0.4, -0.2) is 8.42 Å². The number of hydrogen-bond acceptors (Lipinski definition) is 2. The molecule has 0 amide bonds. The molecule has 2 rings (SSSR count). The van der Waals surface area contributed by atoms with E-state index < -0.39 is 10.0 Å². The highest BCUT2D eigenvalue weighted by atomic mass is 79.9. The fraction of sp³-hybridized carbons (Fsp3) is 0. The Balaban J connectivity index is 2.39. The predicted octanol–water partition coefficient (Wildman–Crippen LogP) is 4.77. The molecule has 0 aliphatic heterocycles. The van der Waals surface area contributed by atoms with Crippen molar-refractivity contribution in [3.63, 3.8) is 0 Å². The zero-order valence-corrected chi connectivity index (χ0v) is 15.0. The van der Waals surface area contributed by atoms with Gasteiger partial charge in [0.15, 0.2) is 0 Å². The summed E-state index contributed by atoms with van der Waals surface area (Å²) < 4.78 is 29.2. The maximum atomic E-state index is 12.2. The molecule has 100 valence electrons. The first-order valence-electron chi connectivity index (χ1n) is 5.12. The average Bonchev–Trinajstić information content (AvgIpc) is 2.35. The maximum Gasteiger partial charge on any atom is 0.261 e. The van der Waals surface area contributed by atoms with E-state index in [0.29, 0.717) is 14.6 Å². The van der Waals surface area contributed by atoms with Crippen LogP contribution in [0.1, 0.15) is 0 Å². The largest absolute Gasteiger partial charge is 0.277 e. The lowest BCUT2D eigenvalue weighted by molar-refractivity contribution is 0.601. The molecule has 2 aromatic carbocycles. The molecule has 2 aromatic rings. The Kier molecular flexibility index (Phi) is 4.70. The second-order valence-corrected chi connectivity index (χ2v) is 7.96. The maximum absolute atomic E-state index is 12.2. The van der Waals surface area contributed by atoms with E-state index in [0.717, 1.165) is 4.47 Å². The van der Waals surface area contributed by atoms with Gasteiger partial charge in [0.1, 0.15) is 0 Å². The van der Waals surface area contributed by atoms with Gasteiger partial charge in [0.25, 0.3) is 10.0 Å². The molecule has 0 radical (unpaired) electrons. The van der Waals surface area contributed by atoms with Gasteiger partial charge in [-0.3, -0.25) is 4.72 Å². The number of rotatable bonds is 3. The Labute approximate surface area is 136 Å². The van der Waals surface area contributed by atoms with E-state index >= 15 is 0 Å². The third kappa shape index (κ3) is 3.59. The lowest BCUT2D eigenvalue weighted by Crippen LogP contribution is -2.13. The second-order valence-electron chi connectivity index (χ2n) is 3.66. The van der Waals surface area contributed by atoms with Crippen molar-refractivity contribution in [2.45, 2.75) is 4.90 Å². The summed E-state index contributed by atoms with van der Waals surface area (Å²) in [7, 11) is -3.61. The molecule has 0 aliphatic rings. The van der Waals surface area contributed by atoms with Gasteiger partial charge < -0.3 is 0 Å². The van der Waals surface area contributed by atoms with Crippen molar-refractivity contribution in [1.29, 1.82) is 0 Å². The molecule has 0 atom stereocenters. The van der Waals surface area contributed by atoms with Crippen molar-refractivity contribution in [2.24, 2.45) is 0 Å². The van der Waals surface area contributed by atoms with Crippen LogP contribution >= 0.6 is 47.8 Å². The molecule has 0 bridgehead atoms. The van der Waals surface area contributed by atoms with E-state index in [1.807, 2.05) is 6.07 Å². The van der Waals surface area contributed by atoms with Crippen LogP contribution in [0.15, 0.2) is 60.8 Å². The molecule has 0 heterocycles. The molecular weight excluding hydrogens is 462 g/mol. The molecule has 0 spiro atoms. The summed E-state index contributed by atoms with van der Waals surface area (Å²) in [5.74, 6) is 0. The minimum atomic E-state index is -3.61. The van der Waals surface area contributed by atoms with Crippen molar-refractivity contribution in [3.05, 3.63) is 55.9 Å². The molecule has 1 N–H and O–H groups in total. The van der Waals surface area contributed by atoms with Gasteiger partial charge >= 0.3 is 0 Å². The van der Waals surface area contributed by atoms with E-state index in [-0.39, 0.29) is 4.90 Å². The first-order valence-corrected chi connectivity index (χ1v) is 8.99. The smallest absolute Gasteiger partial charge is 0.261 e. The normalized spacial score (nSPS) is 11.3. The van der Waals surface area contributed by atoms with Crippen LogP contribution in [0.2, 0.25) is 0 Å². The van der Waals surface area contributed by atoms with Crippen LogP contribution in [0.5, 0.6) is 0 Å². The summed E-state index contributed by atoms with van der Waals surface area (Å²) >= 11 is 9.91. The van der Waals surface area contributed by atoms with Crippen molar-refractivity contribution in [2.75, 3.05) is 4.72 Å². The summed E-state index contributed by atoms with van der Waals surface area (Å²) in [6, 6.07) is 11.8. The summed E-state index contributed by atoms with van der Waals surface area (Å²) in [4.78, 5) is 0.207. The Bertz CT molecular complexity index is 679. The van der Waals surface area contributed by atoms with E-state index in [1.54, 1.807) is 24.3 Å². The van der Waals surface area contributed by atoms with Gasteiger partial charge in [-0.05, 0) is 68.3 Å². The van der Waals surface area contributed by atoms with Gasteiger partial charge in [-0.15, -0.1) is 0 Å². The van der Waals surface area contributed by atoms with Gasteiger partial charge in [0, 0.05) is 13.4 Å². The molecule has 0 saturated carbocycles. The third-order valence-electron chi connectivity index (χ3n) is 2.32. The van der Waals surface area contributed by atoms with E-state index in [1.165, 1.54) is 12.1 Å². The lowest BCUT2D eigenvalue weighted by Gasteiger charge is -2.11. The van der Waals surface area contributed by atoms with Gasteiger partial charge in [-0.25, -0.2) is 8.42 Å². The fourth-order valence-electron chi connectivity index (χ4n) is 1.40. The number of hydrogen-bond donors (Lipinski definition) is 1. The zero-order chi connectivity index (χ0) is 14.0. The summed E-state index contributed by atoms with van der Waals surface area (Å²) in [6.07, 6.45) is 0. The second kappa shape index (κ2) is 5.95. The number of benzene rings is 2. The first kappa shape index (κ1) is 15.0. The van der Waals surface area contributed by atoms with E-state index in [2.05, 4.69) is 52.5 Å². The monoisotopic (exact) mass is 467 g/mol. The third-order valence-corrected chi connectivity index (χ3v) is 5.54. The Morgan fingerprint density at radius 3 is 1.89 bits per heavy atom. The van der Waals surface area contributed by atoms with Crippen LogP contribution < -0.4 is 4.72 Å². The number of nitrogens with one attached hydrogen (secondary N) is 1. The number of halogens is 3. The molecule has 0 unspecified atom stereocenters. The summed E-state index contributed by atoms with van der Waals surface area (Å²) in [6.45, 7) is 0. The molecule has 0 aliphatic carbocycles. The van der Waals surface area contributed by atoms with Gasteiger partial charge in [0.05, 0.1) is 10.6 Å². The van der Waals surface area contributed by atoms with Crippen LogP contribution in [0.25, 0.3) is 0 Å². The molecule has 3 nitrogen and oxygen atoms in total. The van der Waals surface area contributed by atoms with Crippen molar-refractivity contribution in [1.82, 2.24) is 0 Å². The van der Waals surface area contributed by atoms with E-state index in [4.69, 9.17) is 0 Å². The van der Waals surface area contributed by atoms with Crippen molar-refractivity contribution < 1.29 is 8.42 Å². The fourth-order valence-corrected chi connectivity index (χ4v) is 4.23. The van der Waals surface area contributed by atoms with Crippen molar-refractivity contribution >= 4 is 63.5 Å². The number of anilines is 1. The number of para-hydroxylation sites is 1. The Morgan fingerprint density at radius 1 is 0.842 bits per heavy atom. The van der Waals surface area contributed by atoms with Crippen LogP contribution in [0, 0.1) is 0 Å². The predicted molar refractivity (Wildman–Crippen MR) is 86.8 cm³/mol. The highest BCUT2D eigenvalue weighted by Crippen LogP contribution is 2.32. The van der Waals surface area contributed by atoms with Crippen LogP contribution in [-0.2, 0) is 10.0 Å². The SMILES string of the molecule is O=S(=O)(Nc1c(Br)cccc1Br)c1ccc(Br)cc1.